The van der Waals surface area contributed by atoms with Gasteiger partial charge in [0.1, 0.15) is 0 Å². The van der Waals surface area contributed by atoms with E-state index in [1.54, 1.807) is 0 Å². The fourth-order valence-corrected chi connectivity index (χ4v) is 1.32. The summed E-state index contributed by atoms with van der Waals surface area (Å²) < 4.78 is 0. The second-order valence-electron chi connectivity index (χ2n) is 3.11. The van der Waals surface area contributed by atoms with E-state index in [9.17, 15) is 0 Å². The summed E-state index contributed by atoms with van der Waals surface area (Å²) in [7, 11) is 0. The minimum atomic E-state index is 0.770. The quantitative estimate of drug-likeness (QED) is 0.667. The summed E-state index contributed by atoms with van der Waals surface area (Å²) in [6, 6.07) is 10.2. The lowest BCUT2D eigenvalue weighted by atomic mass is 10.1. The van der Waals surface area contributed by atoms with Crippen molar-refractivity contribution in [2.75, 3.05) is 6.54 Å². The Morgan fingerprint density at radius 2 is 1.93 bits per heavy atom. The monoisotopic (exact) mass is 182 g/mol. The molecule has 1 aromatic carbocycles. The van der Waals surface area contributed by atoms with E-state index >= 15 is 0 Å². The summed E-state index contributed by atoms with van der Waals surface area (Å²) in [6.07, 6.45) is 10.2. The highest BCUT2D eigenvalue weighted by Gasteiger charge is 1.98. The van der Waals surface area contributed by atoms with Crippen molar-refractivity contribution in [2.45, 2.75) is 0 Å². The van der Waals surface area contributed by atoms with Gasteiger partial charge in [0.25, 0.3) is 0 Å². The molecule has 14 heavy (non-hydrogen) atoms. The third kappa shape index (κ3) is 2.43. The van der Waals surface area contributed by atoms with Crippen molar-refractivity contribution >= 4 is 5.71 Å². The van der Waals surface area contributed by atoms with Crippen molar-refractivity contribution in [3.63, 3.8) is 0 Å². The molecule has 0 bridgehead atoms. The lowest BCUT2D eigenvalue weighted by molar-refractivity contribution is 1.25. The molecule has 1 heterocycles. The Balaban J connectivity index is 2.08. The molecule has 2 rings (SSSR count). The highest BCUT2D eigenvalue weighted by atomic mass is 14.7. The van der Waals surface area contributed by atoms with E-state index in [4.69, 9.17) is 0 Å². The third-order valence-corrected chi connectivity index (χ3v) is 2.01. The van der Waals surface area contributed by atoms with Crippen molar-refractivity contribution in [3.05, 3.63) is 66.6 Å². The molecular formula is C13H12N. The molecule has 0 unspecified atom stereocenters. The molecule has 69 valence electrons. The van der Waals surface area contributed by atoms with E-state index in [-0.39, 0.29) is 0 Å². The van der Waals surface area contributed by atoms with Crippen LogP contribution in [-0.2, 0) is 0 Å². The molecule has 0 fully saturated rings. The zero-order chi connectivity index (χ0) is 9.64. The van der Waals surface area contributed by atoms with Crippen molar-refractivity contribution in [1.82, 2.24) is 0 Å². The summed E-state index contributed by atoms with van der Waals surface area (Å²) in [5.41, 5.74) is 2.22. The zero-order valence-corrected chi connectivity index (χ0v) is 7.93. The summed E-state index contributed by atoms with van der Waals surface area (Å²) in [4.78, 5) is 4.41. The van der Waals surface area contributed by atoms with Crippen LogP contribution in [0.15, 0.2) is 59.6 Å². The first-order chi connectivity index (χ1) is 6.95. The van der Waals surface area contributed by atoms with Crippen LogP contribution in [0.3, 0.4) is 0 Å². The highest BCUT2D eigenvalue weighted by molar-refractivity contribution is 6.04. The second kappa shape index (κ2) is 4.56. The highest BCUT2D eigenvalue weighted by Crippen LogP contribution is 2.05. The van der Waals surface area contributed by atoms with Crippen molar-refractivity contribution < 1.29 is 0 Å². The van der Waals surface area contributed by atoms with Gasteiger partial charge >= 0.3 is 0 Å². The Hall–Kier alpha value is -1.63. The number of allylic oxidation sites excluding steroid dienone is 3. The summed E-state index contributed by atoms with van der Waals surface area (Å²) in [6.45, 7) is 0.770. The normalized spacial score (nSPS) is 15.0. The first kappa shape index (κ1) is 8.95. The molecule has 0 aliphatic carbocycles. The number of rotatable bonds is 2. The largest absolute Gasteiger partial charge is 0.285 e. The topological polar surface area (TPSA) is 12.4 Å². The molecule has 0 saturated carbocycles. The van der Waals surface area contributed by atoms with Gasteiger partial charge in [-0.25, -0.2) is 0 Å². The van der Waals surface area contributed by atoms with Crippen LogP contribution in [0.2, 0.25) is 0 Å². The Morgan fingerprint density at radius 1 is 1.07 bits per heavy atom. The summed E-state index contributed by atoms with van der Waals surface area (Å²) >= 11 is 0. The van der Waals surface area contributed by atoms with E-state index in [0.29, 0.717) is 0 Å². The molecule has 0 saturated heterocycles. The molecule has 0 amide bonds. The van der Waals surface area contributed by atoms with Gasteiger partial charge in [0.15, 0.2) is 0 Å². The molecule has 0 aromatic heterocycles. The third-order valence-electron chi connectivity index (χ3n) is 2.01. The van der Waals surface area contributed by atoms with Gasteiger partial charge in [0.2, 0.25) is 0 Å². The van der Waals surface area contributed by atoms with Gasteiger partial charge in [-0.1, -0.05) is 48.6 Å². The minimum absolute atomic E-state index is 0.770. The average Bonchev–Trinajstić information content (AvgIpc) is 2.48. The molecule has 1 heteroatoms. The first-order valence-corrected chi connectivity index (χ1v) is 4.72. The van der Waals surface area contributed by atoms with E-state index in [1.807, 2.05) is 42.5 Å². The van der Waals surface area contributed by atoms with Crippen LogP contribution in [-0.4, -0.2) is 12.3 Å². The predicted octanol–water partition coefficient (Wildman–Crippen LogP) is 2.81. The SMILES string of the molecule is [CH](C1=NCC=CC=C1)c1ccccc1. The number of hydrogen-bond acceptors (Lipinski definition) is 1. The van der Waals surface area contributed by atoms with E-state index in [1.165, 1.54) is 5.56 Å². The summed E-state index contributed by atoms with van der Waals surface area (Å²) in [5.74, 6) is 0. The summed E-state index contributed by atoms with van der Waals surface area (Å²) in [5, 5.41) is 0. The van der Waals surface area contributed by atoms with Crippen molar-refractivity contribution in [3.8, 4) is 0 Å². The van der Waals surface area contributed by atoms with Gasteiger partial charge in [-0.2, -0.15) is 0 Å². The molecule has 1 aromatic rings. The van der Waals surface area contributed by atoms with Crippen LogP contribution >= 0.6 is 0 Å². The van der Waals surface area contributed by atoms with Crippen molar-refractivity contribution in [1.29, 1.82) is 0 Å². The molecule has 1 radical (unpaired) electrons. The lowest BCUT2D eigenvalue weighted by Crippen LogP contribution is -1.96. The molecule has 1 aliphatic heterocycles. The number of aliphatic imine (C=N–C) groups is 1. The van der Waals surface area contributed by atoms with E-state index in [0.717, 1.165) is 12.3 Å². The Bertz CT molecular complexity index is 371. The maximum atomic E-state index is 4.41. The maximum Gasteiger partial charge on any atom is 0.0576 e. The van der Waals surface area contributed by atoms with Crippen LogP contribution < -0.4 is 0 Å². The van der Waals surface area contributed by atoms with Crippen molar-refractivity contribution in [2.24, 2.45) is 4.99 Å². The fraction of sp³-hybridized carbons (Fsp3) is 0.0769. The first-order valence-electron chi connectivity index (χ1n) is 4.72. The average molecular weight is 182 g/mol. The van der Waals surface area contributed by atoms with E-state index in [2.05, 4.69) is 23.5 Å². The van der Waals surface area contributed by atoms with Crippen LogP contribution in [0.4, 0.5) is 0 Å². The number of hydrogen-bond donors (Lipinski definition) is 0. The van der Waals surface area contributed by atoms with Gasteiger partial charge in [0.05, 0.1) is 6.54 Å². The van der Waals surface area contributed by atoms with Gasteiger partial charge in [0, 0.05) is 12.1 Å². The van der Waals surface area contributed by atoms with Crippen LogP contribution in [0.5, 0.6) is 0 Å². The fourth-order valence-electron chi connectivity index (χ4n) is 1.32. The molecule has 0 spiro atoms. The number of benzene rings is 1. The molecule has 1 nitrogen and oxygen atoms in total. The Morgan fingerprint density at radius 3 is 2.79 bits per heavy atom. The minimum Gasteiger partial charge on any atom is -0.285 e. The van der Waals surface area contributed by atoms with Crippen LogP contribution in [0.1, 0.15) is 5.56 Å². The maximum absolute atomic E-state index is 4.41. The Labute approximate surface area is 84.5 Å². The van der Waals surface area contributed by atoms with Gasteiger partial charge in [-0.05, 0) is 11.6 Å². The molecule has 1 aliphatic rings. The molecule has 0 atom stereocenters. The van der Waals surface area contributed by atoms with Gasteiger partial charge < -0.3 is 0 Å². The lowest BCUT2D eigenvalue weighted by Gasteiger charge is -1.99. The Kier molecular flexibility index (Phi) is 2.92. The van der Waals surface area contributed by atoms with E-state index < -0.39 is 0 Å². The number of nitrogens with zero attached hydrogens (tertiary/aromatic N) is 1. The van der Waals surface area contributed by atoms with Crippen LogP contribution in [0.25, 0.3) is 0 Å². The predicted molar refractivity (Wildman–Crippen MR) is 60.4 cm³/mol. The smallest absolute Gasteiger partial charge is 0.0576 e. The van der Waals surface area contributed by atoms with Crippen LogP contribution in [0, 0.1) is 6.42 Å². The standard InChI is InChI=1S/C13H12N/c1-3-7-12(8-4-1)11-13-9-5-2-6-10-14-13/h1-9,11H,10H2. The second-order valence-corrected chi connectivity index (χ2v) is 3.11. The van der Waals surface area contributed by atoms with Gasteiger partial charge in [-0.3, -0.25) is 4.99 Å². The zero-order valence-electron chi connectivity index (χ0n) is 7.93. The molecular weight excluding hydrogens is 170 g/mol. The van der Waals surface area contributed by atoms with Gasteiger partial charge in [-0.15, -0.1) is 0 Å². The molecule has 0 N–H and O–H groups in total.